The van der Waals surface area contributed by atoms with Gasteiger partial charge in [-0.1, -0.05) is 158 Å². The highest BCUT2D eigenvalue weighted by atomic mass is 15.2. The van der Waals surface area contributed by atoms with Crippen molar-refractivity contribution < 1.29 is 0 Å². The molecule has 77 heavy (non-hydrogen) atoms. The van der Waals surface area contributed by atoms with Crippen LogP contribution in [0.25, 0.3) is 22.3 Å². The molecule has 4 nitrogen and oxygen atoms in total. The van der Waals surface area contributed by atoms with E-state index in [1.807, 2.05) is 0 Å². The monoisotopic (exact) mass is 992 g/mol. The Balaban J connectivity index is 1.08. The Morgan fingerprint density at radius 2 is 0.688 bits per heavy atom. The van der Waals surface area contributed by atoms with Crippen LogP contribution in [0.1, 0.15) is 67.2 Å². The first-order chi connectivity index (χ1) is 38.2. The number of anilines is 8. The predicted octanol–water partition coefficient (Wildman–Crippen LogP) is 19.2. The van der Waals surface area contributed by atoms with Crippen LogP contribution in [0.2, 0.25) is 0 Å². The van der Waals surface area contributed by atoms with Crippen molar-refractivity contribution >= 4 is 45.5 Å². The van der Waals surface area contributed by atoms with Gasteiger partial charge in [-0.2, -0.15) is 0 Å². The first-order valence-electron chi connectivity index (χ1n) is 27.6. The van der Waals surface area contributed by atoms with Crippen molar-refractivity contribution in [2.24, 2.45) is 0 Å². The summed E-state index contributed by atoms with van der Waals surface area (Å²) in [5.41, 5.74) is 22.2. The fourth-order valence-corrected chi connectivity index (χ4v) is 13.0. The summed E-state index contributed by atoms with van der Waals surface area (Å²) in [4.78, 5) is 9.97. The van der Waals surface area contributed by atoms with Gasteiger partial charge in [-0.05, 0) is 205 Å². The highest BCUT2D eigenvalue weighted by molar-refractivity contribution is 5.99. The van der Waals surface area contributed by atoms with Gasteiger partial charge in [-0.15, -0.1) is 0 Å². The average molecular weight is 993 g/mol. The third-order valence-corrected chi connectivity index (χ3v) is 16.3. The van der Waals surface area contributed by atoms with Crippen LogP contribution in [0.4, 0.5) is 45.5 Å². The molecule has 6 aliphatic rings. The summed E-state index contributed by atoms with van der Waals surface area (Å²) in [5.74, 6) is 0. The van der Waals surface area contributed by atoms with Crippen LogP contribution in [-0.4, -0.2) is 6.04 Å². The Kier molecular flexibility index (Phi) is 12.0. The predicted molar refractivity (Wildman–Crippen MR) is 323 cm³/mol. The van der Waals surface area contributed by atoms with Crippen LogP contribution in [0.5, 0.6) is 0 Å². The minimum atomic E-state index is -0.754. The molecule has 1 spiro atoms. The largest absolute Gasteiger partial charge is 0.334 e. The summed E-state index contributed by atoms with van der Waals surface area (Å²) in [7, 11) is 0. The van der Waals surface area contributed by atoms with E-state index in [-0.39, 0.29) is 6.04 Å². The Labute approximate surface area is 453 Å². The Morgan fingerprint density at radius 3 is 1.10 bits per heavy atom. The normalized spacial score (nSPS) is 18.2. The number of benzene rings is 8. The lowest BCUT2D eigenvalue weighted by Gasteiger charge is -2.36. The van der Waals surface area contributed by atoms with E-state index in [0.29, 0.717) is 0 Å². The molecule has 0 bridgehead atoms. The maximum absolute atomic E-state index is 2.57. The number of hydrogen-bond acceptors (Lipinski definition) is 4. The third kappa shape index (κ3) is 8.06. The van der Waals surface area contributed by atoms with Crippen LogP contribution in [0.3, 0.4) is 0 Å². The molecule has 0 radical (unpaired) electrons. The van der Waals surface area contributed by atoms with E-state index in [9.17, 15) is 0 Å². The van der Waals surface area contributed by atoms with Crippen molar-refractivity contribution in [1.82, 2.24) is 0 Å². The number of hydrogen-bond donors (Lipinski definition) is 0. The van der Waals surface area contributed by atoms with Gasteiger partial charge in [0.1, 0.15) is 0 Å². The smallest absolute Gasteiger partial charge is 0.0728 e. The molecular formula is C73H60N4. The zero-order valence-electron chi connectivity index (χ0n) is 43.3. The fraction of sp³-hybridized carbons (Fsp3) is 0.123. The highest BCUT2D eigenvalue weighted by Gasteiger charge is 2.53. The number of nitrogens with zero attached hydrogens (tertiary/aromatic N) is 4. The highest BCUT2D eigenvalue weighted by Crippen LogP contribution is 2.65. The lowest BCUT2D eigenvalue weighted by Crippen LogP contribution is -2.31. The van der Waals surface area contributed by atoms with Crippen molar-refractivity contribution in [2.75, 3.05) is 19.6 Å². The van der Waals surface area contributed by atoms with Crippen molar-refractivity contribution in [3.05, 3.63) is 312 Å². The minimum Gasteiger partial charge on any atom is -0.334 e. The maximum atomic E-state index is 2.57. The summed E-state index contributed by atoms with van der Waals surface area (Å²) >= 11 is 0. The molecule has 0 aromatic heterocycles. The van der Waals surface area contributed by atoms with Crippen molar-refractivity contribution in [1.29, 1.82) is 0 Å². The van der Waals surface area contributed by atoms with E-state index in [0.717, 1.165) is 79.1 Å². The maximum Gasteiger partial charge on any atom is 0.0728 e. The molecule has 0 aliphatic heterocycles. The Hall–Kier alpha value is -9.12. The van der Waals surface area contributed by atoms with E-state index in [1.54, 1.807) is 0 Å². The van der Waals surface area contributed by atoms with E-state index >= 15 is 0 Å². The second-order valence-electron chi connectivity index (χ2n) is 20.8. The van der Waals surface area contributed by atoms with Crippen LogP contribution in [0.15, 0.2) is 290 Å². The van der Waals surface area contributed by atoms with Gasteiger partial charge in [0.15, 0.2) is 0 Å². The van der Waals surface area contributed by atoms with Crippen molar-refractivity contribution in [3.8, 4) is 22.3 Å². The van der Waals surface area contributed by atoms with Gasteiger partial charge >= 0.3 is 0 Å². The summed E-state index contributed by atoms with van der Waals surface area (Å²) in [6.07, 6.45) is 37.4. The summed E-state index contributed by atoms with van der Waals surface area (Å²) < 4.78 is 0. The molecule has 0 amide bonds. The van der Waals surface area contributed by atoms with Gasteiger partial charge < -0.3 is 19.6 Å². The number of allylic oxidation sites excluding steroid dienone is 11. The van der Waals surface area contributed by atoms with E-state index in [1.165, 1.54) is 73.0 Å². The molecule has 372 valence electrons. The van der Waals surface area contributed by atoms with Crippen LogP contribution in [0, 0.1) is 0 Å². The van der Waals surface area contributed by atoms with Crippen molar-refractivity contribution in [2.45, 2.75) is 56.4 Å². The van der Waals surface area contributed by atoms with Gasteiger partial charge in [-0.3, -0.25) is 0 Å². The molecule has 8 aromatic rings. The lowest BCUT2D eigenvalue weighted by atomic mass is 9.70. The molecule has 0 fully saturated rings. The third-order valence-electron chi connectivity index (χ3n) is 16.3. The van der Waals surface area contributed by atoms with Crippen molar-refractivity contribution in [3.63, 3.8) is 0 Å². The second kappa shape index (κ2) is 19.9. The first kappa shape index (κ1) is 46.4. The fourth-order valence-electron chi connectivity index (χ4n) is 13.0. The summed E-state index contributed by atoms with van der Waals surface area (Å²) in [6, 6.07) is 73.2. The van der Waals surface area contributed by atoms with Crippen LogP contribution in [-0.2, 0) is 5.41 Å². The van der Waals surface area contributed by atoms with Gasteiger partial charge in [0.05, 0.1) is 11.5 Å². The van der Waals surface area contributed by atoms with E-state index in [4.69, 9.17) is 0 Å². The molecular weight excluding hydrogens is 933 g/mol. The second-order valence-corrected chi connectivity index (χ2v) is 20.8. The molecule has 2 unspecified atom stereocenters. The zero-order valence-corrected chi connectivity index (χ0v) is 43.3. The molecule has 0 saturated heterocycles. The minimum absolute atomic E-state index is 0.136. The van der Waals surface area contributed by atoms with Gasteiger partial charge in [-0.25, -0.2) is 0 Å². The van der Waals surface area contributed by atoms with E-state index < -0.39 is 5.41 Å². The molecule has 6 aliphatic carbocycles. The topological polar surface area (TPSA) is 13.0 Å². The number of rotatable bonds is 12. The average Bonchev–Trinajstić information content (AvgIpc) is 4.18. The Morgan fingerprint density at radius 1 is 0.312 bits per heavy atom. The summed E-state index contributed by atoms with van der Waals surface area (Å²) in [5, 5.41) is 0. The van der Waals surface area contributed by atoms with Crippen LogP contribution >= 0.6 is 0 Å². The van der Waals surface area contributed by atoms with Crippen LogP contribution < -0.4 is 19.6 Å². The SMILES string of the molecule is C1=CCC(N(c2ccccc2)c2ccc3c(c2)C2(c4cc(N(C5=CCCC=C5)C5=CCCC=C5)ccc4-3)c3cc(N(C4=CCCC=C4)c4ccccc4)ccc3-c3ccc(N(c4ccccc4)c4ccccc4)cc32)C=C1. The summed E-state index contributed by atoms with van der Waals surface area (Å²) in [6.45, 7) is 0. The molecule has 0 saturated carbocycles. The number of para-hydroxylation sites is 4. The quantitative estimate of drug-likeness (QED) is 0.121. The standard InChI is InChI=1S/C73H60N4/c1-9-25-53(26-10-1)74(54-27-11-2-12-28-54)61-41-45-65-66-46-42-62(75(55-29-13-3-14-30-55)56-31-15-4-16-32-56)50-70(66)73(69(65)49-61)71-51-63(76(57-33-17-5-18-34-57)58-35-19-6-20-36-58)43-47-67(71)68-48-44-64(52-72(68)73)77(59-37-21-7-22-38-59)60-39-23-8-24-40-60/h1-3,5-6,9-15,17-21,23,25-35,37-52,58H,4,7-8,16,22,24,36H2. The Bertz CT molecular complexity index is 3730. The van der Waals surface area contributed by atoms with Gasteiger partial charge in [0.25, 0.3) is 0 Å². The lowest BCUT2D eigenvalue weighted by molar-refractivity contribution is 0.774. The molecule has 4 heteroatoms. The first-order valence-corrected chi connectivity index (χ1v) is 27.6. The van der Waals surface area contributed by atoms with Gasteiger partial charge in [0.2, 0.25) is 0 Å². The molecule has 2 atom stereocenters. The molecule has 14 rings (SSSR count). The zero-order chi connectivity index (χ0) is 51.1. The molecule has 0 N–H and O–H groups in total. The molecule has 8 aromatic carbocycles. The molecule has 0 heterocycles. The van der Waals surface area contributed by atoms with E-state index in [2.05, 4.69) is 293 Å². The van der Waals surface area contributed by atoms with Gasteiger partial charge in [0, 0.05) is 62.6 Å². The number of fused-ring (bicyclic) bond motifs is 10.